The van der Waals surface area contributed by atoms with Crippen LogP contribution in [-0.4, -0.2) is 106 Å². The van der Waals surface area contributed by atoms with Crippen molar-refractivity contribution in [1.29, 1.82) is 0 Å². The zero-order valence-corrected chi connectivity index (χ0v) is 27.2. The zero-order chi connectivity index (χ0) is 31.3. The fourth-order valence-corrected chi connectivity index (χ4v) is 6.20. The number of thioether (sulfide) groups is 1. The van der Waals surface area contributed by atoms with E-state index in [1.165, 1.54) is 0 Å². The minimum Gasteiger partial charge on any atom is -0.379 e. The van der Waals surface area contributed by atoms with E-state index in [4.69, 9.17) is 14.2 Å². The number of rotatable bonds is 24. The molecule has 0 aromatic heterocycles. The predicted molar refractivity (Wildman–Crippen MR) is 168 cm³/mol. The summed E-state index contributed by atoms with van der Waals surface area (Å²) in [6.07, 6.45) is 6.11. The van der Waals surface area contributed by atoms with Crippen LogP contribution in [0.2, 0.25) is 0 Å². The van der Waals surface area contributed by atoms with Crippen molar-refractivity contribution in [3.63, 3.8) is 0 Å². The molecule has 2 aliphatic rings. The van der Waals surface area contributed by atoms with Gasteiger partial charge in [0.2, 0.25) is 17.7 Å². The van der Waals surface area contributed by atoms with E-state index in [-0.39, 0.29) is 41.3 Å². The van der Waals surface area contributed by atoms with E-state index in [2.05, 4.69) is 47.4 Å². The number of hydrogen-bond acceptors (Lipinski definition) is 8. The molecule has 5 N–H and O–H groups in total. The highest BCUT2D eigenvalue weighted by molar-refractivity contribution is 8.00. The summed E-state index contributed by atoms with van der Waals surface area (Å²) >= 11 is 1.90. The lowest BCUT2D eigenvalue weighted by Gasteiger charge is -2.18. The molecule has 0 saturated carbocycles. The van der Waals surface area contributed by atoms with E-state index in [0.29, 0.717) is 90.2 Å². The van der Waals surface area contributed by atoms with Crippen molar-refractivity contribution in [3.05, 3.63) is 0 Å². The number of urea groups is 1. The lowest BCUT2D eigenvalue weighted by molar-refractivity contribution is -0.123. The second-order valence-electron chi connectivity index (χ2n) is 12.3. The van der Waals surface area contributed by atoms with Crippen LogP contribution in [0.25, 0.3) is 0 Å². The predicted octanol–water partition coefficient (Wildman–Crippen LogP) is 2.11. The number of carbonyl (C=O) groups is 4. The molecule has 0 aliphatic carbocycles. The van der Waals surface area contributed by atoms with Crippen molar-refractivity contribution < 1.29 is 33.4 Å². The Labute approximate surface area is 261 Å². The second-order valence-corrected chi connectivity index (χ2v) is 13.6. The Morgan fingerprint density at radius 1 is 0.744 bits per heavy atom. The molecular weight excluding hydrogens is 574 g/mol. The standard InChI is InChI=1S/C30H55N5O7S/c1-30(2,3)22-33-27(38)12-6-11-26(37)32-14-8-16-41-18-20-42-19-17-40-15-7-13-31-25(36)10-5-4-9-24-28-23(21-43-24)34-29(39)35-28/h23-24,28H,4-22H2,1-3H3,(H,31,36)(H,32,37)(H,33,38)(H2,34,35,39)/t23-,24+,28-/m0/s1. The molecule has 248 valence electrons. The monoisotopic (exact) mass is 629 g/mol. The molecule has 2 aliphatic heterocycles. The molecule has 2 saturated heterocycles. The first-order chi connectivity index (χ1) is 20.6. The Morgan fingerprint density at radius 3 is 1.86 bits per heavy atom. The molecule has 0 aromatic carbocycles. The molecule has 0 bridgehead atoms. The number of unbranched alkanes of at least 4 members (excludes halogenated alkanes) is 1. The summed E-state index contributed by atoms with van der Waals surface area (Å²) in [5, 5.41) is 15.1. The summed E-state index contributed by atoms with van der Waals surface area (Å²) in [6.45, 7) is 11.0. The van der Waals surface area contributed by atoms with Crippen LogP contribution in [0.4, 0.5) is 4.79 Å². The van der Waals surface area contributed by atoms with Gasteiger partial charge in [0.05, 0.1) is 38.5 Å². The minimum absolute atomic E-state index is 0.0122. The molecule has 2 heterocycles. The number of hydrogen-bond donors (Lipinski definition) is 5. The van der Waals surface area contributed by atoms with Crippen molar-refractivity contribution in [2.75, 3.05) is 65.0 Å². The summed E-state index contributed by atoms with van der Waals surface area (Å²) in [6, 6.07) is 0.419. The van der Waals surface area contributed by atoms with Gasteiger partial charge in [0.25, 0.3) is 0 Å². The van der Waals surface area contributed by atoms with Crippen LogP contribution in [-0.2, 0) is 28.6 Å². The largest absolute Gasteiger partial charge is 0.379 e. The van der Waals surface area contributed by atoms with Crippen molar-refractivity contribution in [3.8, 4) is 0 Å². The maximum Gasteiger partial charge on any atom is 0.315 e. The summed E-state index contributed by atoms with van der Waals surface area (Å²) in [7, 11) is 0. The molecule has 2 fully saturated rings. The van der Waals surface area contributed by atoms with E-state index in [1.54, 1.807) is 0 Å². The van der Waals surface area contributed by atoms with Gasteiger partial charge in [-0.3, -0.25) is 14.4 Å². The Morgan fingerprint density at radius 2 is 1.28 bits per heavy atom. The van der Waals surface area contributed by atoms with E-state index in [9.17, 15) is 19.2 Å². The number of amides is 5. The fourth-order valence-electron chi connectivity index (χ4n) is 4.66. The Hall–Kier alpha value is -2.09. The van der Waals surface area contributed by atoms with Gasteiger partial charge in [0.1, 0.15) is 0 Å². The van der Waals surface area contributed by atoms with E-state index in [0.717, 1.165) is 37.9 Å². The lowest BCUT2D eigenvalue weighted by Crippen LogP contribution is -2.36. The van der Waals surface area contributed by atoms with Crippen LogP contribution in [0.1, 0.15) is 78.6 Å². The molecule has 43 heavy (non-hydrogen) atoms. The van der Waals surface area contributed by atoms with Gasteiger partial charge < -0.3 is 40.8 Å². The molecule has 12 nitrogen and oxygen atoms in total. The highest BCUT2D eigenvalue weighted by Crippen LogP contribution is 2.33. The van der Waals surface area contributed by atoms with Gasteiger partial charge in [-0.2, -0.15) is 11.8 Å². The van der Waals surface area contributed by atoms with Crippen LogP contribution in [0.15, 0.2) is 0 Å². The maximum absolute atomic E-state index is 12.0. The van der Waals surface area contributed by atoms with Crippen molar-refractivity contribution >= 4 is 35.5 Å². The SMILES string of the molecule is CC(C)(C)CNC(=O)CCCC(=O)NCCCOCCOCCOCCCNC(=O)CCCC[C@H]1SC[C@@H]2NC(=O)N[C@@H]21. The number of ether oxygens (including phenoxy) is 3. The number of carbonyl (C=O) groups excluding carboxylic acids is 4. The quantitative estimate of drug-likeness (QED) is 0.0803. The van der Waals surface area contributed by atoms with Crippen molar-refractivity contribution in [2.45, 2.75) is 95.9 Å². The second kappa shape index (κ2) is 21.6. The topological polar surface area (TPSA) is 156 Å². The summed E-state index contributed by atoms with van der Waals surface area (Å²) < 4.78 is 16.6. The van der Waals surface area contributed by atoms with Gasteiger partial charge in [-0.05, 0) is 37.5 Å². The molecule has 0 unspecified atom stereocenters. The average Bonchev–Trinajstić information content (AvgIpc) is 3.50. The molecular formula is C30H55N5O7S. The summed E-state index contributed by atoms with van der Waals surface area (Å²) in [5.74, 6) is 0.982. The minimum atomic E-state index is -0.0582. The first-order valence-corrected chi connectivity index (χ1v) is 16.9. The number of nitrogens with one attached hydrogen (secondary N) is 5. The summed E-state index contributed by atoms with van der Waals surface area (Å²) in [4.78, 5) is 47.1. The summed E-state index contributed by atoms with van der Waals surface area (Å²) in [5.41, 5.74) is 0.0516. The molecule has 5 amide bonds. The van der Waals surface area contributed by atoms with Gasteiger partial charge in [0, 0.05) is 63.1 Å². The highest BCUT2D eigenvalue weighted by atomic mass is 32.2. The third kappa shape index (κ3) is 18.3. The molecule has 0 radical (unpaired) electrons. The van der Waals surface area contributed by atoms with E-state index in [1.807, 2.05) is 11.8 Å². The number of fused-ring (bicyclic) bond motifs is 1. The smallest absolute Gasteiger partial charge is 0.315 e. The fraction of sp³-hybridized carbons (Fsp3) is 0.867. The van der Waals surface area contributed by atoms with Crippen LogP contribution in [0, 0.1) is 5.41 Å². The van der Waals surface area contributed by atoms with E-state index >= 15 is 0 Å². The van der Waals surface area contributed by atoms with Crippen LogP contribution < -0.4 is 26.6 Å². The molecule has 2 rings (SSSR count). The highest BCUT2D eigenvalue weighted by Gasteiger charge is 2.42. The van der Waals surface area contributed by atoms with Crippen LogP contribution >= 0.6 is 11.8 Å². The van der Waals surface area contributed by atoms with Crippen LogP contribution in [0.5, 0.6) is 0 Å². The zero-order valence-electron chi connectivity index (χ0n) is 26.4. The van der Waals surface area contributed by atoms with Gasteiger partial charge in [0.15, 0.2) is 0 Å². The van der Waals surface area contributed by atoms with E-state index < -0.39 is 0 Å². The molecule has 0 spiro atoms. The van der Waals surface area contributed by atoms with Gasteiger partial charge in [-0.1, -0.05) is 27.2 Å². The Bertz CT molecular complexity index is 842. The third-order valence-corrected chi connectivity index (χ3v) is 8.53. The van der Waals surface area contributed by atoms with Gasteiger partial charge >= 0.3 is 6.03 Å². The first kappa shape index (κ1) is 37.1. The molecule has 13 heteroatoms. The van der Waals surface area contributed by atoms with Crippen molar-refractivity contribution in [1.82, 2.24) is 26.6 Å². The van der Waals surface area contributed by atoms with Gasteiger partial charge in [-0.15, -0.1) is 0 Å². The van der Waals surface area contributed by atoms with Crippen LogP contribution in [0.3, 0.4) is 0 Å². The maximum atomic E-state index is 12.0. The lowest BCUT2D eigenvalue weighted by atomic mass is 9.97. The Balaban J connectivity index is 1.25. The first-order valence-electron chi connectivity index (χ1n) is 15.9. The molecule has 3 atom stereocenters. The average molecular weight is 630 g/mol. The normalized spacial score (nSPS) is 19.4. The Kier molecular flexibility index (Phi) is 18.6. The molecule has 0 aromatic rings. The van der Waals surface area contributed by atoms with Gasteiger partial charge in [-0.25, -0.2) is 4.79 Å². The van der Waals surface area contributed by atoms with Crippen molar-refractivity contribution in [2.24, 2.45) is 5.41 Å². The third-order valence-electron chi connectivity index (χ3n) is 7.02.